The predicted octanol–water partition coefficient (Wildman–Crippen LogP) is 4.88. The summed E-state index contributed by atoms with van der Waals surface area (Å²) in [5.74, 6) is 1.88. The van der Waals surface area contributed by atoms with Gasteiger partial charge in [-0.2, -0.15) is 16.7 Å². The minimum absolute atomic E-state index is 0. The van der Waals surface area contributed by atoms with Crippen LogP contribution in [0.2, 0.25) is 0 Å². The van der Waals surface area contributed by atoms with Gasteiger partial charge in [0.2, 0.25) is 0 Å². The van der Waals surface area contributed by atoms with E-state index in [0.717, 1.165) is 6.54 Å². The number of nitrogens with zero attached hydrogens (tertiary/aromatic N) is 1. The minimum Gasteiger partial charge on any atom is -0.310 e. The van der Waals surface area contributed by atoms with Crippen LogP contribution in [0.4, 0.5) is 0 Å². The maximum atomic E-state index is 2.48. The fourth-order valence-corrected chi connectivity index (χ4v) is 2.95. The molecule has 114 valence electrons. The second kappa shape index (κ2) is 8.46. The van der Waals surface area contributed by atoms with Crippen molar-refractivity contribution in [2.75, 3.05) is 20.6 Å². The van der Waals surface area contributed by atoms with E-state index >= 15 is 0 Å². The Kier molecular flexibility index (Phi) is 8.47. The molecule has 0 atom stereocenters. The third-order valence-corrected chi connectivity index (χ3v) is 3.93. The van der Waals surface area contributed by atoms with Gasteiger partial charge in [-0.05, 0) is 32.5 Å². The zero-order valence-corrected chi connectivity index (χ0v) is 16.2. The van der Waals surface area contributed by atoms with E-state index < -0.39 is 0 Å². The fraction of sp³-hybridized carbons (Fsp3) is 0.722. The normalized spacial score (nSPS) is 11.8. The first-order chi connectivity index (χ1) is 8.75. The summed E-state index contributed by atoms with van der Waals surface area (Å²) >= 11 is 0. The summed E-state index contributed by atoms with van der Waals surface area (Å²) in [5, 5.41) is 0. The summed E-state index contributed by atoms with van der Waals surface area (Å²) in [4.78, 5) is 2.29. The van der Waals surface area contributed by atoms with Crippen molar-refractivity contribution in [3.8, 4) is 0 Å². The van der Waals surface area contributed by atoms with Gasteiger partial charge in [0.25, 0.3) is 0 Å². The van der Waals surface area contributed by atoms with Crippen molar-refractivity contribution in [3.63, 3.8) is 0 Å². The van der Waals surface area contributed by atoms with E-state index in [1.165, 1.54) is 6.42 Å². The Morgan fingerprint density at radius 2 is 1.50 bits per heavy atom. The van der Waals surface area contributed by atoms with Gasteiger partial charge in [0.05, 0.1) is 0 Å². The van der Waals surface area contributed by atoms with Crippen molar-refractivity contribution in [1.29, 1.82) is 0 Å². The molecular formula is C18H32NTi-. The van der Waals surface area contributed by atoms with E-state index in [1.54, 1.807) is 22.3 Å². The van der Waals surface area contributed by atoms with Gasteiger partial charge in [-0.25, -0.2) is 6.07 Å². The van der Waals surface area contributed by atoms with Crippen LogP contribution in [0, 0.1) is 0 Å². The van der Waals surface area contributed by atoms with Gasteiger partial charge in [0.1, 0.15) is 0 Å². The molecule has 0 fully saturated rings. The van der Waals surface area contributed by atoms with Crippen LogP contribution in [0.5, 0.6) is 0 Å². The Hall–Kier alpha value is 0.0243. The second-order valence-corrected chi connectivity index (χ2v) is 6.96. The van der Waals surface area contributed by atoms with Gasteiger partial charge in [-0.3, -0.25) is 0 Å². The van der Waals surface area contributed by atoms with Crippen LogP contribution in [-0.2, 0) is 28.1 Å². The van der Waals surface area contributed by atoms with Crippen LogP contribution in [0.25, 0.3) is 0 Å². The molecule has 0 aliphatic heterocycles. The largest absolute Gasteiger partial charge is 0.310 e. The summed E-state index contributed by atoms with van der Waals surface area (Å²) in [5.41, 5.74) is 6.41. The molecule has 1 nitrogen and oxygen atoms in total. The molecule has 0 bridgehead atoms. The van der Waals surface area contributed by atoms with Crippen molar-refractivity contribution in [3.05, 3.63) is 28.3 Å². The minimum atomic E-state index is 0. The molecule has 0 unspecified atom stereocenters. The van der Waals surface area contributed by atoms with E-state index in [0.29, 0.717) is 17.8 Å². The molecule has 0 aliphatic carbocycles. The summed E-state index contributed by atoms with van der Waals surface area (Å²) < 4.78 is 0. The molecule has 0 N–H and O–H groups in total. The molecule has 1 aromatic carbocycles. The fourth-order valence-electron chi connectivity index (χ4n) is 2.95. The average Bonchev–Trinajstić information content (AvgIpc) is 2.65. The first-order valence-electron chi connectivity index (χ1n) is 7.72. The van der Waals surface area contributed by atoms with Crippen molar-refractivity contribution in [2.45, 2.75) is 65.7 Å². The van der Waals surface area contributed by atoms with Crippen LogP contribution in [0.15, 0.2) is 6.07 Å². The molecule has 0 aromatic heterocycles. The van der Waals surface area contributed by atoms with Crippen molar-refractivity contribution in [2.24, 2.45) is 0 Å². The van der Waals surface area contributed by atoms with E-state index in [1.807, 2.05) is 0 Å². The first-order valence-corrected chi connectivity index (χ1v) is 7.72. The molecule has 0 spiro atoms. The van der Waals surface area contributed by atoms with Gasteiger partial charge in [-0.1, -0.05) is 53.9 Å². The van der Waals surface area contributed by atoms with Crippen LogP contribution in [0.3, 0.4) is 0 Å². The van der Waals surface area contributed by atoms with Crippen LogP contribution >= 0.6 is 0 Å². The topological polar surface area (TPSA) is 3.24 Å². The van der Waals surface area contributed by atoms with Gasteiger partial charge in [0.15, 0.2) is 0 Å². The summed E-state index contributed by atoms with van der Waals surface area (Å²) in [6.07, 6.45) is 1.18. The molecule has 2 heteroatoms. The maximum absolute atomic E-state index is 2.48. The van der Waals surface area contributed by atoms with E-state index in [-0.39, 0.29) is 21.7 Å². The third-order valence-electron chi connectivity index (χ3n) is 3.93. The zero-order valence-electron chi connectivity index (χ0n) is 14.7. The number of likely N-dealkylation sites (N-methyl/N-ethyl adjacent to an activating group) is 1. The predicted molar refractivity (Wildman–Crippen MR) is 86.6 cm³/mol. The van der Waals surface area contributed by atoms with Crippen LogP contribution in [-0.4, -0.2) is 25.5 Å². The average molecular weight is 310 g/mol. The Bertz CT molecular complexity index is 400. The van der Waals surface area contributed by atoms with Crippen LogP contribution in [0.1, 0.15) is 81.5 Å². The Balaban J connectivity index is 0.00000361. The standard InChI is InChI=1S/C18H32N.Ti/c1-12(2)16-11-17(13(3)4)18(14(5)6)15(16)9-10-19(7)8;/h11-14H,9-10H2,1-8H3;/q-1;. The SMILES string of the molecule is CC(C)c1cc(C(C)C)[c-](CCN(C)C)c1C(C)C.[Ti]. The molecule has 0 heterocycles. The third kappa shape index (κ3) is 4.79. The first kappa shape index (κ1) is 20.0. The quantitative estimate of drug-likeness (QED) is 0.535. The molecule has 0 amide bonds. The van der Waals surface area contributed by atoms with E-state index in [9.17, 15) is 0 Å². The molecule has 0 aliphatic rings. The second-order valence-electron chi connectivity index (χ2n) is 6.96. The summed E-state index contributed by atoms with van der Waals surface area (Å²) in [7, 11) is 4.33. The molecule has 0 saturated heterocycles. The molecule has 0 radical (unpaired) electrons. The zero-order chi connectivity index (χ0) is 14.7. The Labute approximate surface area is 141 Å². The van der Waals surface area contributed by atoms with E-state index in [4.69, 9.17) is 0 Å². The van der Waals surface area contributed by atoms with Gasteiger partial charge in [-0.15, -0.1) is 5.56 Å². The van der Waals surface area contributed by atoms with E-state index in [2.05, 4.69) is 66.6 Å². The Morgan fingerprint density at radius 3 is 1.85 bits per heavy atom. The molecule has 20 heavy (non-hydrogen) atoms. The molecule has 0 saturated carbocycles. The van der Waals surface area contributed by atoms with Gasteiger partial charge >= 0.3 is 0 Å². The van der Waals surface area contributed by atoms with Gasteiger partial charge in [0, 0.05) is 21.7 Å². The van der Waals surface area contributed by atoms with Gasteiger partial charge < -0.3 is 4.90 Å². The summed E-state index contributed by atoms with van der Waals surface area (Å²) in [6, 6.07) is 2.48. The van der Waals surface area contributed by atoms with Crippen molar-refractivity contribution >= 4 is 0 Å². The molecular weight excluding hydrogens is 278 g/mol. The monoisotopic (exact) mass is 310 g/mol. The smallest absolute Gasteiger partial charge is 0 e. The maximum Gasteiger partial charge on any atom is 0 e. The number of hydrogen-bond acceptors (Lipinski definition) is 1. The number of rotatable bonds is 6. The molecule has 1 rings (SSSR count). The Morgan fingerprint density at radius 1 is 0.950 bits per heavy atom. The van der Waals surface area contributed by atoms with Crippen LogP contribution < -0.4 is 0 Å². The summed E-state index contributed by atoms with van der Waals surface area (Å²) in [6.45, 7) is 15.1. The van der Waals surface area contributed by atoms with Crippen molar-refractivity contribution < 1.29 is 21.7 Å². The molecule has 1 aromatic rings. The number of hydrogen-bond donors (Lipinski definition) is 0. The van der Waals surface area contributed by atoms with Crippen molar-refractivity contribution in [1.82, 2.24) is 4.90 Å².